The molecular formula is C21H27N3O5S. The zero-order valence-corrected chi connectivity index (χ0v) is 18.1. The Labute approximate surface area is 180 Å². The second-order valence-corrected chi connectivity index (χ2v) is 8.08. The summed E-state index contributed by atoms with van der Waals surface area (Å²) in [5.41, 5.74) is 1.78. The van der Waals surface area contributed by atoms with Gasteiger partial charge in [-0.1, -0.05) is 0 Å². The number of methoxy groups -OCH3 is 1. The number of esters is 1. The first-order chi connectivity index (χ1) is 14.5. The molecule has 1 N–H and O–H groups in total. The maximum Gasteiger partial charge on any atom is 0.306 e. The third kappa shape index (κ3) is 6.51. The zero-order chi connectivity index (χ0) is 21.3. The predicted molar refractivity (Wildman–Crippen MR) is 115 cm³/mol. The van der Waals surface area contributed by atoms with E-state index in [-0.39, 0.29) is 18.7 Å². The summed E-state index contributed by atoms with van der Waals surface area (Å²) in [6.07, 6.45) is 0.115. The number of hydrogen-bond acceptors (Lipinski definition) is 8. The first-order valence-electron chi connectivity index (χ1n) is 9.92. The average Bonchev–Trinajstić information content (AvgIpc) is 3.13. The molecule has 0 aliphatic carbocycles. The molecule has 0 saturated carbocycles. The summed E-state index contributed by atoms with van der Waals surface area (Å²) in [4.78, 5) is 31.0. The molecule has 1 aromatic heterocycles. The average molecular weight is 434 g/mol. The number of morpholine rings is 1. The number of nitrogens with one attached hydrogen (secondary N) is 1. The fourth-order valence-corrected chi connectivity index (χ4v) is 3.90. The third-order valence-electron chi connectivity index (χ3n) is 4.73. The molecule has 0 radical (unpaired) electrons. The fraction of sp³-hybridized carbons (Fsp3) is 0.476. The van der Waals surface area contributed by atoms with Gasteiger partial charge in [0.15, 0.2) is 5.13 Å². The second kappa shape index (κ2) is 11.1. The number of hydrogen-bond donors (Lipinski definition) is 1. The summed E-state index contributed by atoms with van der Waals surface area (Å²) in [5, 5.41) is 3.26. The number of amides is 1. The van der Waals surface area contributed by atoms with Crippen molar-refractivity contribution in [1.29, 1.82) is 0 Å². The smallest absolute Gasteiger partial charge is 0.306 e. The molecule has 30 heavy (non-hydrogen) atoms. The van der Waals surface area contributed by atoms with Crippen molar-refractivity contribution in [1.82, 2.24) is 9.88 Å². The highest BCUT2D eigenvalue weighted by Crippen LogP contribution is 2.31. The normalized spacial score (nSPS) is 14.3. The van der Waals surface area contributed by atoms with Crippen molar-refractivity contribution in [3.05, 3.63) is 29.1 Å². The van der Waals surface area contributed by atoms with Crippen LogP contribution >= 0.6 is 11.3 Å². The summed E-state index contributed by atoms with van der Waals surface area (Å²) in [5.74, 6) is 0.148. The molecule has 1 amide bonds. The van der Waals surface area contributed by atoms with Crippen LogP contribution < -0.4 is 10.1 Å². The molecule has 1 saturated heterocycles. The highest BCUT2D eigenvalue weighted by Gasteiger charge is 2.14. The van der Waals surface area contributed by atoms with Gasteiger partial charge in [0.1, 0.15) is 12.4 Å². The van der Waals surface area contributed by atoms with Crippen molar-refractivity contribution in [2.75, 3.05) is 51.9 Å². The number of carbonyl (C=O) groups is 2. The minimum absolute atomic E-state index is 0.0482. The van der Waals surface area contributed by atoms with Crippen molar-refractivity contribution in [2.24, 2.45) is 0 Å². The number of carbonyl (C=O) groups excluding carboxylic acids is 2. The lowest BCUT2D eigenvalue weighted by molar-refractivity contribution is -0.141. The van der Waals surface area contributed by atoms with E-state index in [1.165, 1.54) is 18.4 Å². The van der Waals surface area contributed by atoms with Gasteiger partial charge in [-0.05, 0) is 31.2 Å². The van der Waals surface area contributed by atoms with Gasteiger partial charge in [-0.2, -0.15) is 0 Å². The predicted octanol–water partition coefficient (Wildman–Crippen LogP) is 2.72. The Bertz CT molecular complexity index is 847. The van der Waals surface area contributed by atoms with Crippen LogP contribution in [-0.2, 0) is 19.1 Å². The molecule has 1 aliphatic rings. The van der Waals surface area contributed by atoms with Crippen LogP contribution in [0.15, 0.2) is 24.3 Å². The quantitative estimate of drug-likeness (QED) is 0.608. The molecule has 0 bridgehead atoms. The van der Waals surface area contributed by atoms with Crippen LogP contribution in [0.25, 0.3) is 11.3 Å². The summed E-state index contributed by atoms with van der Waals surface area (Å²) < 4.78 is 15.7. The van der Waals surface area contributed by atoms with Gasteiger partial charge in [0.25, 0.3) is 0 Å². The maximum absolute atomic E-state index is 12.0. The lowest BCUT2D eigenvalue weighted by Gasteiger charge is -2.26. The van der Waals surface area contributed by atoms with Crippen molar-refractivity contribution < 1.29 is 23.8 Å². The van der Waals surface area contributed by atoms with E-state index in [0.29, 0.717) is 11.7 Å². The number of nitrogens with zero attached hydrogens (tertiary/aromatic N) is 2. The summed E-state index contributed by atoms with van der Waals surface area (Å²) in [6, 6.07) is 7.80. The number of anilines is 1. The number of ether oxygens (including phenoxy) is 3. The van der Waals surface area contributed by atoms with E-state index in [2.05, 4.69) is 19.9 Å². The molecule has 0 atom stereocenters. The fourth-order valence-electron chi connectivity index (χ4n) is 3.04. The molecule has 1 aromatic carbocycles. The minimum Gasteiger partial charge on any atom is -0.492 e. The first-order valence-corrected chi connectivity index (χ1v) is 10.7. The van der Waals surface area contributed by atoms with E-state index in [9.17, 15) is 9.59 Å². The highest BCUT2D eigenvalue weighted by atomic mass is 32.1. The van der Waals surface area contributed by atoms with Crippen molar-refractivity contribution in [3.63, 3.8) is 0 Å². The topological polar surface area (TPSA) is 90.0 Å². The molecule has 0 spiro atoms. The van der Waals surface area contributed by atoms with Gasteiger partial charge in [0.05, 0.1) is 32.4 Å². The number of aryl methyl sites for hydroxylation is 1. The number of thiazole rings is 1. The highest BCUT2D eigenvalue weighted by molar-refractivity contribution is 7.16. The molecule has 8 nitrogen and oxygen atoms in total. The van der Waals surface area contributed by atoms with Gasteiger partial charge in [-0.3, -0.25) is 14.5 Å². The zero-order valence-electron chi connectivity index (χ0n) is 17.3. The van der Waals surface area contributed by atoms with E-state index in [0.717, 1.165) is 54.7 Å². The van der Waals surface area contributed by atoms with Crippen molar-refractivity contribution in [3.8, 4) is 17.0 Å². The second-order valence-electron chi connectivity index (χ2n) is 6.87. The largest absolute Gasteiger partial charge is 0.492 e. The Morgan fingerprint density at radius 1 is 1.20 bits per heavy atom. The SMILES string of the molecule is COC(=O)CCC(=O)Nc1nc(-c2ccc(OCCN3CCOCC3)cc2)c(C)s1. The van der Waals surface area contributed by atoms with Gasteiger partial charge < -0.3 is 19.5 Å². The van der Waals surface area contributed by atoms with E-state index in [1.807, 2.05) is 31.2 Å². The third-order valence-corrected chi connectivity index (χ3v) is 5.62. The van der Waals surface area contributed by atoms with E-state index >= 15 is 0 Å². The molecule has 1 fully saturated rings. The lowest BCUT2D eigenvalue weighted by atomic mass is 10.1. The van der Waals surface area contributed by atoms with Crippen LogP contribution in [0.1, 0.15) is 17.7 Å². The molecule has 3 rings (SSSR count). The molecule has 162 valence electrons. The van der Waals surface area contributed by atoms with Gasteiger partial charge in [0.2, 0.25) is 5.91 Å². The van der Waals surface area contributed by atoms with E-state index in [1.54, 1.807) is 0 Å². The Kier molecular flexibility index (Phi) is 8.18. The molecule has 1 aliphatic heterocycles. The molecule has 9 heteroatoms. The van der Waals surface area contributed by atoms with Crippen LogP contribution in [0.4, 0.5) is 5.13 Å². The summed E-state index contributed by atoms with van der Waals surface area (Å²) in [7, 11) is 1.30. The Morgan fingerprint density at radius 3 is 2.63 bits per heavy atom. The number of benzene rings is 1. The van der Waals surface area contributed by atoms with Gasteiger partial charge in [-0.25, -0.2) is 4.98 Å². The van der Waals surface area contributed by atoms with E-state index in [4.69, 9.17) is 9.47 Å². The summed E-state index contributed by atoms with van der Waals surface area (Å²) >= 11 is 1.41. The maximum atomic E-state index is 12.0. The number of rotatable bonds is 9. The standard InChI is InChI=1S/C21H27N3O5S/c1-15-20(23-21(30-15)22-18(25)7-8-19(26)27-2)16-3-5-17(6-4-16)29-14-11-24-9-12-28-13-10-24/h3-6H,7-14H2,1-2H3,(H,22,23,25). The van der Waals surface area contributed by atoms with Crippen LogP contribution in [-0.4, -0.2) is 68.3 Å². The van der Waals surface area contributed by atoms with E-state index < -0.39 is 5.97 Å². The van der Waals surface area contributed by atoms with Crippen LogP contribution in [0.5, 0.6) is 5.75 Å². The lowest BCUT2D eigenvalue weighted by Crippen LogP contribution is -2.38. The van der Waals surface area contributed by atoms with Crippen LogP contribution in [0, 0.1) is 6.92 Å². The van der Waals surface area contributed by atoms with Crippen molar-refractivity contribution in [2.45, 2.75) is 19.8 Å². The Morgan fingerprint density at radius 2 is 1.93 bits per heavy atom. The minimum atomic E-state index is -0.409. The van der Waals surface area contributed by atoms with Gasteiger partial charge in [-0.15, -0.1) is 11.3 Å². The van der Waals surface area contributed by atoms with Gasteiger partial charge in [0, 0.05) is 36.5 Å². The molecule has 2 aromatic rings. The Hall–Kier alpha value is -2.49. The van der Waals surface area contributed by atoms with Gasteiger partial charge >= 0.3 is 5.97 Å². The van der Waals surface area contributed by atoms with Crippen LogP contribution in [0.2, 0.25) is 0 Å². The Balaban J connectivity index is 1.51. The molecule has 0 unspecified atom stereocenters. The first kappa shape index (κ1) is 22.2. The molecule has 2 heterocycles. The number of aromatic nitrogens is 1. The summed E-state index contributed by atoms with van der Waals surface area (Å²) in [6.45, 7) is 6.96. The monoisotopic (exact) mass is 433 g/mol. The van der Waals surface area contributed by atoms with Crippen LogP contribution in [0.3, 0.4) is 0 Å². The van der Waals surface area contributed by atoms with Crippen molar-refractivity contribution >= 4 is 28.3 Å². The molecular weight excluding hydrogens is 406 g/mol.